The van der Waals surface area contributed by atoms with Crippen LogP contribution in [0.25, 0.3) is 0 Å². The molecule has 0 saturated carbocycles. The first kappa shape index (κ1) is 32.8. The SMILES string of the molecule is CC[C@H](CC[C@H](CC(=O)CCc1cc(OC)c(O)cc1CNC)OC(C)=O)CC1=C(CCc2ccnc(N)c2)CN=C1. The molecule has 0 radical (unpaired) electrons. The Morgan fingerprint density at radius 3 is 2.64 bits per heavy atom. The summed E-state index contributed by atoms with van der Waals surface area (Å²) in [6, 6.07) is 7.38. The van der Waals surface area contributed by atoms with Gasteiger partial charge in [0.2, 0.25) is 0 Å². The molecule has 1 aromatic heterocycles. The number of rotatable bonds is 18. The third-order valence-electron chi connectivity index (χ3n) is 7.86. The van der Waals surface area contributed by atoms with Crippen LogP contribution in [0.3, 0.4) is 0 Å². The number of hydrogen-bond acceptors (Lipinski definition) is 9. The summed E-state index contributed by atoms with van der Waals surface area (Å²) in [7, 11) is 3.34. The monoisotopic (exact) mass is 578 g/mol. The van der Waals surface area contributed by atoms with E-state index in [1.165, 1.54) is 30.7 Å². The van der Waals surface area contributed by atoms with E-state index in [2.05, 4.69) is 22.2 Å². The largest absolute Gasteiger partial charge is 0.504 e. The molecule has 0 aliphatic carbocycles. The van der Waals surface area contributed by atoms with Crippen molar-refractivity contribution in [2.45, 2.75) is 84.3 Å². The number of nitrogen functional groups attached to an aromatic ring is 1. The Labute approximate surface area is 249 Å². The van der Waals surface area contributed by atoms with Gasteiger partial charge in [0.05, 0.1) is 13.7 Å². The van der Waals surface area contributed by atoms with Crippen molar-refractivity contribution in [2.24, 2.45) is 10.9 Å². The topological polar surface area (TPSA) is 136 Å². The van der Waals surface area contributed by atoms with Gasteiger partial charge in [-0.1, -0.05) is 13.3 Å². The van der Waals surface area contributed by atoms with Crippen LogP contribution in [0, 0.1) is 5.92 Å². The summed E-state index contributed by atoms with van der Waals surface area (Å²) in [5.74, 6) is 1.07. The maximum Gasteiger partial charge on any atom is 0.302 e. The summed E-state index contributed by atoms with van der Waals surface area (Å²) < 4.78 is 10.9. The second-order valence-electron chi connectivity index (χ2n) is 11.0. The molecule has 0 unspecified atom stereocenters. The number of carbonyl (C=O) groups excluding carboxylic acids is 2. The third-order valence-corrected chi connectivity index (χ3v) is 7.86. The number of aryl methyl sites for hydroxylation is 2. The predicted octanol–water partition coefficient (Wildman–Crippen LogP) is 5.13. The zero-order valence-electron chi connectivity index (χ0n) is 25.4. The predicted molar refractivity (Wildman–Crippen MR) is 166 cm³/mol. The van der Waals surface area contributed by atoms with Gasteiger partial charge >= 0.3 is 5.97 Å². The van der Waals surface area contributed by atoms with E-state index in [-0.39, 0.29) is 23.9 Å². The Morgan fingerprint density at radius 1 is 1.14 bits per heavy atom. The van der Waals surface area contributed by atoms with Crippen molar-refractivity contribution >= 4 is 23.8 Å². The number of nitrogens with zero attached hydrogens (tertiary/aromatic N) is 2. The Kier molecular flexibility index (Phi) is 13.0. The molecule has 1 aliphatic rings. The maximum absolute atomic E-state index is 13.0. The van der Waals surface area contributed by atoms with Crippen LogP contribution in [-0.2, 0) is 33.7 Å². The van der Waals surface area contributed by atoms with Crippen LogP contribution in [0.4, 0.5) is 5.82 Å². The number of phenolic OH excluding ortho intramolecular Hbond substituents is 1. The molecule has 228 valence electrons. The van der Waals surface area contributed by atoms with Crippen molar-refractivity contribution in [3.05, 3.63) is 58.3 Å². The molecule has 0 saturated heterocycles. The lowest BCUT2D eigenvalue weighted by Gasteiger charge is -2.21. The fraction of sp³-hybridized carbons (Fsp3) is 0.515. The van der Waals surface area contributed by atoms with Gasteiger partial charge in [-0.05, 0) is 104 Å². The normalized spacial score (nSPS) is 14.2. The van der Waals surface area contributed by atoms with E-state index >= 15 is 0 Å². The Balaban J connectivity index is 1.56. The highest BCUT2D eigenvalue weighted by Crippen LogP contribution is 2.31. The number of hydrogen-bond donors (Lipinski definition) is 3. The second kappa shape index (κ2) is 16.7. The zero-order valence-corrected chi connectivity index (χ0v) is 25.4. The molecular weight excluding hydrogens is 532 g/mol. The number of aliphatic imine (C=N–C) groups is 1. The van der Waals surface area contributed by atoms with Gasteiger partial charge in [0, 0.05) is 38.7 Å². The highest BCUT2D eigenvalue weighted by Gasteiger charge is 2.21. The summed E-state index contributed by atoms with van der Waals surface area (Å²) in [6.45, 7) is 4.87. The molecule has 1 aliphatic heterocycles. The van der Waals surface area contributed by atoms with Gasteiger partial charge in [0.25, 0.3) is 0 Å². The van der Waals surface area contributed by atoms with Crippen molar-refractivity contribution in [1.29, 1.82) is 0 Å². The molecule has 0 bridgehead atoms. The highest BCUT2D eigenvalue weighted by molar-refractivity contribution is 5.82. The van der Waals surface area contributed by atoms with E-state index < -0.39 is 6.10 Å². The number of anilines is 1. The number of benzene rings is 1. The van der Waals surface area contributed by atoms with Crippen molar-refractivity contribution in [3.8, 4) is 11.5 Å². The van der Waals surface area contributed by atoms with Gasteiger partial charge in [-0.15, -0.1) is 0 Å². The Hall–Kier alpha value is -3.72. The first-order valence-electron chi connectivity index (χ1n) is 14.9. The summed E-state index contributed by atoms with van der Waals surface area (Å²) in [6.07, 6.45) is 9.56. The van der Waals surface area contributed by atoms with Crippen LogP contribution in [0.2, 0.25) is 0 Å². The van der Waals surface area contributed by atoms with Gasteiger partial charge in [-0.2, -0.15) is 0 Å². The van der Waals surface area contributed by atoms with Crippen molar-refractivity contribution in [1.82, 2.24) is 10.3 Å². The zero-order chi connectivity index (χ0) is 30.5. The van der Waals surface area contributed by atoms with Crippen LogP contribution < -0.4 is 15.8 Å². The number of aromatic nitrogens is 1. The number of nitrogens with two attached hydrogens (primary N) is 1. The Morgan fingerprint density at radius 2 is 1.95 bits per heavy atom. The number of allylic oxidation sites excluding steroid dienone is 1. The molecule has 1 aromatic carbocycles. The fourth-order valence-corrected chi connectivity index (χ4v) is 5.50. The summed E-state index contributed by atoms with van der Waals surface area (Å²) in [5, 5.41) is 13.2. The minimum absolute atomic E-state index is 0.0430. The smallest absolute Gasteiger partial charge is 0.302 e. The van der Waals surface area contributed by atoms with Crippen molar-refractivity contribution in [3.63, 3.8) is 0 Å². The number of phenols is 1. The molecule has 0 fully saturated rings. The lowest BCUT2D eigenvalue weighted by Crippen LogP contribution is -2.22. The highest BCUT2D eigenvalue weighted by atomic mass is 16.5. The second-order valence-corrected chi connectivity index (χ2v) is 11.0. The lowest BCUT2D eigenvalue weighted by atomic mass is 9.88. The number of ether oxygens (including phenoxy) is 2. The van der Waals surface area contributed by atoms with Crippen LogP contribution in [0.1, 0.15) is 75.5 Å². The number of carbonyl (C=O) groups is 2. The maximum atomic E-state index is 13.0. The average molecular weight is 579 g/mol. The first-order chi connectivity index (χ1) is 20.2. The number of aromatic hydroxyl groups is 1. The van der Waals surface area contributed by atoms with Gasteiger partial charge in [0.1, 0.15) is 17.7 Å². The molecule has 42 heavy (non-hydrogen) atoms. The summed E-state index contributed by atoms with van der Waals surface area (Å²) >= 11 is 0. The van der Waals surface area contributed by atoms with E-state index in [1.807, 2.05) is 25.4 Å². The molecule has 3 rings (SSSR count). The fourth-order valence-electron chi connectivity index (χ4n) is 5.50. The van der Waals surface area contributed by atoms with Gasteiger partial charge in [-0.3, -0.25) is 14.6 Å². The van der Waals surface area contributed by atoms with Crippen LogP contribution in [-0.4, -0.2) is 54.9 Å². The van der Waals surface area contributed by atoms with Gasteiger partial charge in [0.15, 0.2) is 11.5 Å². The standard InChI is InChI=1S/C33H46N4O5/c1-5-23(14-27-21-36-20-26(27)8-6-24-12-13-37-33(34)15-24)7-11-30(42-22(2)38)18-29(39)10-9-25-17-32(41-4)31(40)16-28(25)19-35-3/h12-13,15-17,21,23,30,35,40H,5-11,14,18-20H2,1-4H3,(H2,34,37)/t23-,30-/m1/s1. The average Bonchev–Trinajstić information content (AvgIpc) is 3.40. The van der Waals surface area contributed by atoms with Crippen LogP contribution in [0.15, 0.2) is 46.6 Å². The molecule has 2 atom stereocenters. The van der Waals surface area contributed by atoms with E-state index in [0.717, 1.165) is 49.8 Å². The molecule has 9 nitrogen and oxygen atoms in total. The van der Waals surface area contributed by atoms with Crippen LogP contribution >= 0.6 is 0 Å². The first-order valence-corrected chi connectivity index (χ1v) is 14.9. The molecule has 2 heterocycles. The third kappa shape index (κ3) is 10.3. The Bertz CT molecular complexity index is 1270. The van der Waals surface area contributed by atoms with Gasteiger partial charge in [-0.25, -0.2) is 4.98 Å². The van der Waals surface area contributed by atoms with E-state index in [9.17, 15) is 14.7 Å². The summed E-state index contributed by atoms with van der Waals surface area (Å²) in [4.78, 5) is 33.5. The molecule has 9 heteroatoms. The van der Waals surface area contributed by atoms with Crippen molar-refractivity contribution < 1.29 is 24.2 Å². The van der Waals surface area contributed by atoms with Gasteiger partial charge < -0.3 is 25.6 Å². The van der Waals surface area contributed by atoms with E-state index in [4.69, 9.17) is 15.2 Å². The quantitative estimate of drug-likeness (QED) is 0.207. The lowest BCUT2D eigenvalue weighted by molar-refractivity contribution is -0.148. The molecule has 0 spiro atoms. The molecule has 0 amide bonds. The van der Waals surface area contributed by atoms with E-state index in [0.29, 0.717) is 43.3 Å². The van der Waals surface area contributed by atoms with Crippen LogP contribution in [0.5, 0.6) is 11.5 Å². The number of pyridine rings is 1. The minimum Gasteiger partial charge on any atom is -0.504 e. The molecule has 4 N–H and O–H groups in total. The number of esters is 1. The number of methoxy groups -OCH3 is 1. The number of Topliss-reactive ketones (excluding diaryl/α,β-unsaturated/α-hetero) is 1. The molecular formula is C33H46N4O5. The number of nitrogens with one attached hydrogen (secondary N) is 1. The minimum atomic E-state index is -0.446. The molecule has 2 aromatic rings. The van der Waals surface area contributed by atoms with E-state index in [1.54, 1.807) is 18.3 Å². The summed E-state index contributed by atoms with van der Waals surface area (Å²) in [5.41, 5.74) is 11.5. The number of ketones is 1. The van der Waals surface area contributed by atoms with Crippen molar-refractivity contribution in [2.75, 3.05) is 26.4 Å².